The summed E-state index contributed by atoms with van der Waals surface area (Å²) in [5.74, 6) is -0.0127. The van der Waals surface area contributed by atoms with Crippen LogP contribution < -0.4 is 5.73 Å². The summed E-state index contributed by atoms with van der Waals surface area (Å²) in [5, 5.41) is 11.0. The number of amidine groups is 1. The first-order chi connectivity index (χ1) is 4.61. The van der Waals surface area contributed by atoms with Crippen LogP contribution in [0.4, 0.5) is 0 Å². The average molecular weight is 203 g/mol. The largest absolute Gasteiger partial charge is 0.382 e. The minimum atomic E-state index is -0.0127. The van der Waals surface area contributed by atoms with Crippen LogP contribution in [0.25, 0.3) is 0 Å². The van der Waals surface area contributed by atoms with E-state index in [2.05, 4.69) is 21.0 Å². The summed E-state index contributed by atoms with van der Waals surface area (Å²) in [5.41, 5.74) is 5.68. The smallest absolute Gasteiger partial charge is 0.143 e. The maximum absolute atomic E-state index is 7.03. The first-order valence-electron chi connectivity index (χ1n) is 2.65. The molecule has 5 heteroatoms. The number of nitrogens with two attached hydrogens (primary N) is 1. The molecule has 0 aliphatic heterocycles. The van der Waals surface area contributed by atoms with Gasteiger partial charge in [0.1, 0.15) is 16.1 Å². The van der Waals surface area contributed by atoms with E-state index in [1.54, 1.807) is 17.8 Å². The third-order valence-electron chi connectivity index (χ3n) is 1.10. The number of nitrogen functional groups attached to an aromatic ring is 1. The van der Waals surface area contributed by atoms with E-state index in [1.807, 2.05) is 0 Å². The van der Waals surface area contributed by atoms with Crippen molar-refractivity contribution in [2.24, 2.45) is 12.8 Å². The van der Waals surface area contributed by atoms with Crippen LogP contribution in [-0.2, 0) is 7.05 Å². The Morgan fingerprint density at radius 2 is 2.50 bits per heavy atom. The van der Waals surface area contributed by atoms with E-state index in [1.165, 1.54) is 0 Å². The topological polar surface area (TPSA) is 67.7 Å². The van der Waals surface area contributed by atoms with Crippen LogP contribution in [0, 0.1) is 5.41 Å². The van der Waals surface area contributed by atoms with E-state index < -0.39 is 0 Å². The third-order valence-corrected chi connectivity index (χ3v) is 1.84. The lowest BCUT2D eigenvalue weighted by Gasteiger charge is -1.88. The van der Waals surface area contributed by atoms with Crippen LogP contribution >= 0.6 is 15.9 Å². The fraction of sp³-hybridized carbons (Fsp3) is 0.200. The van der Waals surface area contributed by atoms with E-state index in [4.69, 9.17) is 11.1 Å². The molecule has 10 heavy (non-hydrogen) atoms. The van der Waals surface area contributed by atoms with Crippen LogP contribution in [0.3, 0.4) is 0 Å². The number of aromatic nitrogens is 2. The molecule has 54 valence electrons. The maximum Gasteiger partial charge on any atom is 0.143 e. The van der Waals surface area contributed by atoms with E-state index in [-0.39, 0.29) is 5.84 Å². The van der Waals surface area contributed by atoms with Crippen LogP contribution in [-0.4, -0.2) is 15.6 Å². The zero-order valence-corrected chi connectivity index (χ0v) is 7.01. The molecule has 0 saturated heterocycles. The molecule has 0 amide bonds. The molecule has 0 spiro atoms. The summed E-state index contributed by atoms with van der Waals surface area (Å²) in [6.45, 7) is 0. The van der Waals surface area contributed by atoms with Crippen LogP contribution in [0.2, 0.25) is 0 Å². The van der Waals surface area contributed by atoms with Gasteiger partial charge in [-0.15, -0.1) is 0 Å². The maximum atomic E-state index is 7.03. The highest BCUT2D eigenvalue weighted by Crippen LogP contribution is 2.08. The second-order valence-electron chi connectivity index (χ2n) is 1.89. The highest BCUT2D eigenvalue weighted by molar-refractivity contribution is 9.10. The van der Waals surface area contributed by atoms with Gasteiger partial charge in [0.25, 0.3) is 0 Å². The molecule has 3 N–H and O–H groups in total. The Hall–Kier alpha value is -0.840. The highest BCUT2D eigenvalue weighted by atomic mass is 79.9. The van der Waals surface area contributed by atoms with Gasteiger partial charge in [0.2, 0.25) is 0 Å². The molecule has 0 unspecified atom stereocenters. The predicted molar refractivity (Wildman–Crippen MR) is 41.9 cm³/mol. The Labute approximate surface area is 66.7 Å². The molecule has 1 aromatic heterocycles. The van der Waals surface area contributed by atoms with E-state index >= 15 is 0 Å². The Bertz CT molecular complexity index is 245. The van der Waals surface area contributed by atoms with Crippen molar-refractivity contribution in [3.05, 3.63) is 16.4 Å². The summed E-state index contributed by atoms with van der Waals surface area (Å²) in [6.07, 6.45) is 0. The molecule has 0 saturated carbocycles. The minimum Gasteiger partial charge on any atom is -0.382 e. The second kappa shape index (κ2) is 2.42. The van der Waals surface area contributed by atoms with Gasteiger partial charge in [0.15, 0.2) is 0 Å². The second-order valence-corrected chi connectivity index (χ2v) is 2.70. The Kier molecular flexibility index (Phi) is 1.76. The monoisotopic (exact) mass is 202 g/mol. The van der Waals surface area contributed by atoms with Crippen molar-refractivity contribution in [1.29, 1.82) is 5.41 Å². The molecule has 0 fully saturated rings. The van der Waals surface area contributed by atoms with Crippen molar-refractivity contribution in [2.75, 3.05) is 0 Å². The fourth-order valence-corrected chi connectivity index (χ4v) is 0.872. The first-order valence-corrected chi connectivity index (χ1v) is 3.44. The molecule has 0 radical (unpaired) electrons. The van der Waals surface area contributed by atoms with Crippen molar-refractivity contribution >= 4 is 21.8 Å². The lowest BCUT2D eigenvalue weighted by molar-refractivity contribution is 0.746. The number of hydrogen-bond donors (Lipinski definition) is 2. The average Bonchev–Trinajstić information content (AvgIpc) is 2.13. The standard InChI is InChI=1S/C5H7BrN4/c1-10-4(6)2-3(9-10)5(7)8/h2H,1H3,(H3,7,8). The van der Waals surface area contributed by atoms with Crippen molar-refractivity contribution in [3.8, 4) is 0 Å². The Balaban J connectivity index is 3.10. The van der Waals surface area contributed by atoms with Crippen molar-refractivity contribution < 1.29 is 0 Å². The first kappa shape index (κ1) is 7.27. The predicted octanol–water partition coefficient (Wildman–Crippen LogP) is 0.467. The zero-order valence-electron chi connectivity index (χ0n) is 5.43. The number of rotatable bonds is 1. The van der Waals surface area contributed by atoms with Gasteiger partial charge in [0, 0.05) is 13.1 Å². The third kappa shape index (κ3) is 1.18. The highest BCUT2D eigenvalue weighted by Gasteiger charge is 2.02. The van der Waals surface area contributed by atoms with Gasteiger partial charge >= 0.3 is 0 Å². The number of halogens is 1. The molecular formula is C5H7BrN4. The van der Waals surface area contributed by atoms with Gasteiger partial charge in [-0.3, -0.25) is 10.1 Å². The normalized spacial score (nSPS) is 9.80. The van der Waals surface area contributed by atoms with Crippen LogP contribution in [0.1, 0.15) is 5.69 Å². The van der Waals surface area contributed by atoms with Gasteiger partial charge in [-0.1, -0.05) is 0 Å². The minimum absolute atomic E-state index is 0.0127. The number of nitrogens with zero attached hydrogens (tertiary/aromatic N) is 2. The van der Waals surface area contributed by atoms with Crippen molar-refractivity contribution in [3.63, 3.8) is 0 Å². The molecular weight excluding hydrogens is 196 g/mol. The van der Waals surface area contributed by atoms with E-state index in [9.17, 15) is 0 Å². The Morgan fingerprint density at radius 1 is 1.90 bits per heavy atom. The molecule has 0 bridgehead atoms. The van der Waals surface area contributed by atoms with Crippen molar-refractivity contribution in [2.45, 2.75) is 0 Å². The molecule has 0 aromatic carbocycles. The van der Waals surface area contributed by atoms with E-state index in [0.717, 1.165) is 4.60 Å². The van der Waals surface area contributed by atoms with Gasteiger partial charge in [0.05, 0.1) is 0 Å². The van der Waals surface area contributed by atoms with Gasteiger partial charge in [-0.25, -0.2) is 0 Å². The Morgan fingerprint density at radius 3 is 2.70 bits per heavy atom. The number of nitrogens with one attached hydrogen (secondary N) is 1. The van der Waals surface area contributed by atoms with Gasteiger partial charge < -0.3 is 5.73 Å². The zero-order chi connectivity index (χ0) is 7.72. The molecule has 1 heterocycles. The molecule has 0 atom stereocenters. The molecule has 0 aliphatic rings. The number of hydrogen-bond acceptors (Lipinski definition) is 2. The quantitative estimate of drug-likeness (QED) is 0.514. The SMILES string of the molecule is Cn1nc(C(=N)N)cc1Br. The fourth-order valence-electron chi connectivity index (χ4n) is 0.576. The molecule has 1 aromatic rings. The summed E-state index contributed by atoms with van der Waals surface area (Å²) >= 11 is 3.23. The van der Waals surface area contributed by atoms with E-state index in [0.29, 0.717) is 5.69 Å². The van der Waals surface area contributed by atoms with Gasteiger partial charge in [-0.2, -0.15) is 5.10 Å². The van der Waals surface area contributed by atoms with Crippen LogP contribution in [0.15, 0.2) is 10.7 Å². The summed E-state index contributed by atoms with van der Waals surface area (Å²) in [7, 11) is 1.77. The summed E-state index contributed by atoms with van der Waals surface area (Å²) in [4.78, 5) is 0. The molecule has 4 nitrogen and oxygen atoms in total. The summed E-state index contributed by atoms with van der Waals surface area (Å²) in [6, 6.07) is 1.70. The molecule has 0 aliphatic carbocycles. The lowest BCUT2D eigenvalue weighted by atomic mass is 10.4. The summed E-state index contributed by atoms with van der Waals surface area (Å²) < 4.78 is 2.43. The lowest BCUT2D eigenvalue weighted by Crippen LogP contribution is -2.11. The van der Waals surface area contributed by atoms with Crippen LogP contribution in [0.5, 0.6) is 0 Å². The van der Waals surface area contributed by atoms with Crippen molar-refractivity contribution in [1.82, 2.24) is 9.78 Å². The number of aryl methyl sites for hydroxylation is 1. The van der Waals surface area contributed by atoms with Gasteiger partial charge in [-0.05, 0) is 15.9 Å². The molecule has 1 rings (SSSR count).